The number of nitrogens with one attached hydrogen (secondary N) is 2. The van der Waals surface area contributed by atoms with E-state index in [0.717, 1.165) is 17.0 Å². The molecule has 3 heterocycles. The van der Waals surface area contributed by atoms with Gasteiger partial charge in [0, 0.05) is 43.7 Å². The van der Waals surface area contributed by atoms with Crippen LogP contribution in [0.5, 0.6) is 0 Å². The number of piperazine rings is 1. The van der Waals surface area contributed by atoms with Crippen LogP contribution in [0.3, 0.4) is 0 Å². The molecule has 15 heteroatoms. The van der Waals surface area contributed by atoms with Crippen LogP contribution < -0.4 is 20.4 Å². The number of methoxy groups -OCH3 is 1. The van der Waals surface area contributed by atoms with Gasteiger partial charge in [0.1, 0.15) is 18.0 Å². The summed E-state index contributed by atoms with van der Waals surface area (Å²) in [4.78, 5) is 44.5. The Morgan fingerprint density at radius 2 is 1.95 bits per heavy atom. The molecule has 0 spiro atoms. The normalized spacial score (nSPS) is 19.2. The number of halogens is 2. The maximum Gasteiger partial charge on any atom is 0.414 e. The van der Waals surface area contributed by atoms with Gasteiger partial charge in [-0.3, -0.25) is 15.0 Å². The number of anilines is 2. The van der Waals surface area contributed by atoms with Gasteiger partial charge in [0.2, 0.25) is 5.91 Å². The first kappa shape index (κ1) is 27.5. The Hall–Kier alpha value is -3.56. The molecule has 2 saturated heterocycles. The quantitative estimate of drug-likeness (QED) is 0.414. The smallest absolute Gasteiger partial charge is 0.414 e. The number of cyclic esters (lactones) is 1. The van der Waals surface area contributed by atoms with Crippen LogP contribution in [0.1, 0.15) is 18.8 Å². The number of hydrogen-bond donors (Lipinski definition) is 3. The summed E-state index contributed by atoms with van der Waals surface area (Å²) in [7, 11) is 1.20. The fourth-order valence-corrected chi connectivity index (χ4v) is 4.87. The molecule has 0 saturated carbocycles. The molecule has 3 unspecified atom stereocenters. The van der Waals surface area contributed by atoms with Gasteiger partial charge in [-0.25, -0.2) is 23.4 Å². The molecular weight excluding hydrogens is 526 g/mol. The molecule has 206 valence electrons. The van der Waals surface area contributed by atoms with Crippen molar-refractivity contribution in [2.24, 2.45) is 0 Å². The molecular formula is C23H28F2N6O6S. The van der Waals surface area contributed by atoms with Crippen molar-refractivity contribution in [2.75, 3.05) is 56.2 Å². The van der Waals surface area contributed by atoms with Crippen molar-refractivity contribution in [2.45, 2.75) is 25.3 Å². The summed E-state index contributed by atoms with van der Waals surface area (Å²) in [5.74, 6) is -1.96. The first-order valence-electron chi connectivity index (χ1n) is 11.8. The van der Waals surface area contributed by atoms with Crippen LogP contribution in [0.25, 0.3) is 0 Å². The van der Waals surface area contributed by atoms with E-state index in [9.17, 15) is 19.5 Å². The van der Waals surface area contributed by atoms with Crippen LogP contribution in [0.2, 0.25) is 0 Å². The summed E-state index contributed by atoms with van der Waals surface area (Å²) < 4.78 is 39.8. The van der Waals surface area contributed by atoms with Gasteiger partial charge in [0.15, 0.2) is 11.6 Å². The van der Waals surface area contributed by atoms with Crippen molar-refractivity contribution in [1.82, 2.24) is 20.5 Å². The zero-order chi connectivity index (χ0) is 27.4. The fraction of sp³-hybridized carbons (Fsp3) is 0.478. The molecule has 2 aliphatic heterocycles. The summed E-state index contributed by atoms with van der Waals surface area (Å²) in [5.41, 5.74) is 1.74. The van der Waals surface area contributed by atoms with Gasteiger partial charge < -0.3 is 29.7 Å². The van der Waals surface area contributed by atoms with E-state index in [1.165, 1.54) is 23.3 Å². The fourth-order valence-electron chi connectivity index (χ4n) is 4.29. The van der Waals surface area contributed by atoms with Crippen LogP contribution in [0.15, 0.2) is 23.0 Å². The lowest BCUT2D eigenvalue weighted by molar-refractivity contribution is -0.134. The van der Waals surface area contributed by atoms with Gasteiger partial charge >= 0.3 is 12.2 Å². The van der Waals surface area contributed by atoms with Crippen molar-refractivity contribution >= 4 is 40.8 Å². The Morgan fingerprint density at radius 3 is 2.55 bits per heavy atom. The molecule has 3 atom stereocenters. The number of aliphatic hydroxyl groups excluding tert-OH is 1. The lowest BCUT2D eigenvalue weighted by atomic mass is 10.1. The molecule has 3 N–H and O–H groups in total. The third-order valence-corrected chi connectivity index (χ3v) is 6.87. The van der Waals surface area contributed by atoms with E-state index in [-0.39, 0.29) is 56.6 Å². The number of alkyl carbamates (subject to hydrolysis) is 1. The number of carbonyl (C=O) groups is 3. The Kier molecular flexibility index (Phi) is 8.58. The van der Waals surface area contributed by atoms with E-state index in [2.05, 4.69) is 20.4 Å². The van der Waals surface area contributed by atoms with Crippen LogP contribution in [0.4, 0.5) is 29.7 Å². The Bertz CT molecular complexity index is 1140. The highest BCUT2D eigenvalue weighted by Gasteiger charge is 2.34. The maximum absolute atomic E-state index is 15.1. The van der Waals surface area contributed by atoms with E-state index in [1.807, 2.05) is 0 Å². The Balaban J connectivity index is 1.34. The zero-order valence-corrected chi connectivity index (χ0v) is 21.5. The largest absolute Gasteiger partial charge is 0.453 e. The highest BCUT2D eigenvalue weighted by Crippen LogP contribution is 2.31. The second-order valence-corrected chi connectivity index (χ2v) is 9.48. The zero-order valence-electron chi connectivity index (χ0n) is 20.7. The third kappa shape index (κ3) is 6.11. The van der Waals surface area contributed by atoms with E-state index in [0.29, 0.717) is 5.69 Å². The summed E-state index contributed by atoms with van der Waals surface area (Å²) in [6.07, 6.45) is -3.28. The number of carbonyl (C=O) groups excluding carboxylic acids is 3. The number of hydrogen-bond acceptors (Lipinski definition) is 10. The number of nitrogens with zero attached hydrogens (tertiary/aromatic N) is 4. The van der Waals surface area contributed by atoms with Crippen LogP contribution >= 0.6 is 11.3 Å². The van der Waals surface area contributed by atoms with Crippen molar-refractivity contribution in [3.05, 3.63) is 40.4 Å². The predicted octanol–water partition coefficient (Wildman–Crippen LogP) is 1.42. The number of aromatic nitrogens is 1. The van der Waals surface area contributed by atoms with Gasteiger partial charge in [-0.1, -0.05) is 0 Å². The number of thiazole rings is 1. The van der Waals surface area contributed by atoms with E-state index in [4.69, 9.17) is 4.74 Å². The molecule has 2 aliphatic rings. The molecule has 2 aromatic rings. The Morgan fingerprint density at radius 1 is 1.26 bits per heavy atom. The van der Waals surface area contributed by atoms with Crippen molar-refractivity contribution in [3.63, 3.8) is 0 Å². The van der Waals surface area contributed by atoms with Gasteiger partial charge in [0.05, 0.1) is 43.1 Å². The second-order valence-electron chi connectivity index (χ2n) is 8.76. The third-order valence-electron chi connectivity index (χ3n) is 6.26. The summed E-state index contributed by atoms with van der Waals surface area (Å²) >= 11 is 1.33. The summed E-state index contributed by atoms with van der Waals surface area (Å²) in [6.45, 7) is 2.43. The first-order valence-corrected chi connectivity index (χ1v) is 12.8. The molecule has 38 heavy (non-hydrogen) atoms. The molecule has 0 radical (unpaired) electrons. The highest BCUT2D eigenvalue weighted by molar-refractivity contribution is 7.07. The minimum atomic E-state index is -1.09. The summed E-state index contributed by atoms with van der Waals surface area (Å²) in [5, 5.41) is 17.1. The van der Waals surface area contributed by atoms with Crippen molar-refractivity contribution in [3.8, 4) is 0 Å². The maximum atomic E-state index is 15.1. The predicted molar refractivity (Wildman–Crippen MR) is 133 cm³/mol. The van der Waals surface area contributed by atoms with Gasteiger partial charge in [-0.2, -0.15) is 0 Å². The molecule has 4 rings (SSSR count). The van der Waals surface area contributed by atoms with Crippen LogP contribution in [-0.2, 0) is 14.3 Å². The highest BCUT2D eigenvalue weighted by atomic mass is 32.1. The molecule has 3 amide bonds. The first-order chi connectivity index (χ1) is 18.2. The molecule has 2 fully saturated rings. The SMILES string of the molecule is COC(=O)NCC1CN(c2cc(F)c(N3CCN(C(=O)C(C)NC(O)c4cscn4)CC3)c(F)c2)C(=O)O1. The van der Waals surface area contributed by atoms with E-state index >= 15 is 8.78 Å². The van der Waals surface area contributed by atoms with Crippen molar-refractivity contribution < 1.29 is 37.7 Å². The molecule has 0 aliphatic carbocycles. The Labute approximate surface area is 221 Å². The lowest BCUT2D eigenvalue weighted by Crippen LogP contribution is -2.54. The number of benzene rings is 1. The molecule has 1 aromatic carbocycles. The number of rotatable bonds is 8. The van der Waals surface area contributed by atoms with Gasteiger partial charge in [-0.15, -0.1) is 11.3 Å². The van der Waals surface area contributed by atoms with Crippen LogP contribution in [0, 0.1) is 11.6 Å². The summed E-state index contributed by atoms with van der Waals surface area (Å²) in [6, 6.07) is 1.41. The standard InChI is InChI=1S/C23H28F2N6O6S/c1-13(28-20(32)18-11-38-12-27-18)21(33)30-5-3-29(4-6-30)19-16(24)7-14(8-17(19)25)31-10-15(37-23(31)35)9-26-22(34)36-2/h7-8,11-13,15,20,28,32H,3-6,9-10H2,1-2H3,(H,26,34). The minimum Gasteiger partial charge on any atom is -0.453 e. The molecule has 12 nitrogen and oxygen atoms in total. The lowest BCUT2D eigenvalue weighted by Gasteiger charge is -2.37. The molecule has 0 bridgehead atoms. The average molecular weight is 555 g/mol. The van der Waals surface area contributed by atoms with E-state index in [1.54, 1.807) is 22.7 Å². The monoisotopic (exact) mass is 554 g/mol. The second kappa shape index (κ2) is 11.9. The number of ether oxygens (including phenoxy) is 2. The van der Waals surface area contributed by atoms with Gasteiger partial charge in [-0.05, 0) is 6.92 Å². The average Bonchev–Trinajstić information content (AvgIpc) is 3.57. The topological polar surface area (TPSA) is 137 Å². The van der Waals surface area contributed by atoms with Crippen LogP contribution in [-0.4, -0.2) is 91.6 Å². The molecule has 1 aromatic heterocycles. The van der Waals surface area contributed by atoms with Gasteiger partial charge in [0.25, 0.3) is 0 Å². The minimum absolute atomic E-state index is 0.00870. The van der Waals surface area contributed by atoms with E-state index < -0.39 is 42.2 Å². The number of amides is 3. The number of aliphatic hydroxyl groups is 1. The van der Waals surface area contributed by atoms with Crippen molar-refractivity contribution in [1.29, 1.82) is 0 Å².